The fourth-order valence-electron chi connectivity index (χ4n) is 1.47. The summed E-state index contributed by atoms with van der Waals surface area (Å²) in [4.78, 5) is 0. The Kier molecular flexibility index (Phi) is 5.35. The second-order valence-corrected chi connectivity index (χ2v) is 6.28. The van der Waals surface area contributed by atoms with Crippen LogP contribution in [0.1, 0.15) is 11.1 Å². The van der Waals surface area contributed by atoms with E-state index >= 15 is 0 Å². The summed E-state index contributed by atoms with van der Waals surface area (Å²) in [5.74, 6) is 0.339. The van der Waals surface area contributed by atoms with E-state index in [4.69, 9.17) is 0 Å². The highest BCUT2D eigenvalue weighted by Crippen LogP contribution is 2.25. The van der Waals surface area contributed by atoms with Gasteiger partial charge in [0.2, 0.25) is 0 Å². The predicted octanol–water partition coefficient (Wildman–Crippen LogP) is 3.76. The average molecular weight is 492 g/mol. The molecule has 0 aromatic heterocycles. The maximum Gasteiger partial charge on any atom is 0.137 e. The number of hydrogen-bond acceptors (Lipinski definition) is 4. The lowest BCUT2D eigenvalue weighted by Gasteiger charge is -2.01. The zero-order valence-corrected chi connectivity index (χ0v) is 14.5. The third kappa shape index (κ3) is 3.92. The van der Waals surface area contributed by atoms with Crippen LogP contribution in [0.25, 0.3) is 0 Å². The van der Waals surface area contributed by atoms with Gasteiger partial charge in [0, 0.05) is 14.7 Å². The van der Waals surface area contributed by atoms with Crippen LogP contribution in [-0.2, 0) is 0 Å². The first kappa shape index (κ1) is 15.2. The molecular weight excluding hydrogens is 482 g/mol. The number of benzene rings is 2. The minimum Gasteiger partial charge on any atom is -0.507 e. The van der Waals surface area contributed by atoms with Gasteiger partial charge in [0.1, 0.15) is 11.5 Å². The molecule has 0 atom stereocenters. The van der Waals surface area contributed by atoms with E-state index in [9.17, 15) is 10.2 Å². The SMILES string of the molecule is Oc1ccccc1/C=N\N=C\c1cc(I)cc(I)c1O. The van der Waals surface area contributed by atoms with Crippen LogP contribution in [0, 0.1) is 7.14 Å². The fraction of sp³-hybridized carbons (Fsp3) is 0. The zero-order chi connectivity index (χ0) is 14.5. The van der Waals surface area contributed by atoms with Crippen molar-refractivity contribution in [3.8, 4) is 11.5 Å². The fourth-order valence-corrected chi connectivity index (χ4v) is 3.36. The maximum atomic E-state index is 9.89. The second-order valence-electron chi connectivity index (χ2n) is 3.87. The predicted molar refractivity (Wildman–Crippen MR) is 96.8 cm³/mol. The van der Waals surface area contributed by atoms with Crippen molar-refractivity contribution in [3.05, 3.63) is 54.7 Å². The molecule has 20 heavy (non-hydrogen) atoms. The third-order valence-electron chi connectivity index (χ3n) is 2.45. The Morgan fingerprint density at radius 3 is 2.25 bits per heavy atom. The van der Waals surface area contributed by atoms with Crippen molar-refractivity contribution in [3.63, 3.8) is 0 Å². The molecule has 2 aromatic rings. The third-order valence-corrected chi connectivity index (χ3v) is 3.90. The van der Waals surface area contributed by atoms with E-state index in [-0.39, 0.29) is 11.5 Å². The lowest BCUT2D eigenvalue weighted by Crippen LogP contribution is -1.87. The van der Waals surface area contributed by atoms with Gasteiger partial charge >= 0.3 is 0 Å². The molecule has 0 unspecified atom stereocenters. The number of para-hydroxylation sites is 1. The Balaban J connectivity index is 2.17. The number of nitrogens with zero attached hydrogens (tertiary/aromatic N) is 2. The highest BCUT2D eigenvalue weighted by atomic mass is 127. The quantitative estimate of drug-likeness (QED) is 0.390. The van der Waals surface area contributed by atoms with Crippen molar-refractivity contribution in [1.82, 2.24) is 0 Å². The molecule has 0 fully saturated rings. The summed E-state index contributed by atoms with van der Waals surface area (Å²) in [5, 5.41) is 27.2. The number of phenolic OH excluding ortho intramolecular Hbond substituents is 2. The van der Waals surface area contributed by atoms with Crippen LogP contribution in [0.4, 0.5) is 0 Å². The lowest BCUT2D eigenvalue weighted by atomic mass is 10.2. The molecule has 0 radical (unpaired) electrons. The Morgan fingerprint density at radius 2 is 1.55 bits per heavy atom. The monoisotopic (exact) mass is 492 g/mol. The molecule has 0 aliphatic carbocycles. The number of halogens is 2. The van der Waals surface area contributed by atoms with Gasteiger partial charge in [0.25, 0.3) is 0 Å². The Morgan fingerprint density at radius 1 is 0.900 bits per heavy atom. The molecule has 4 nitrogen and oxygen atoms in total. The summed E-state index contributed by atoms with van der Waals surface area (Å²) in [6, 6.07) is 10.6. The Bertz CT molecular complexity index is 685. The van der Waals surface area contributed by atoms with Crippen LogP contribution in [0.15, 0.2) is 46.6 Å². The van der Waals surface area contributed by atoms with Crippen LogP contribution < -0.4 is 0 Å². The van der Waals surface area contributed by atoms with Gasteiger partial charge in [-0.1, -0.05) is 12.1 Å². The minimum atomic E-state index is 0.151. The van der Waals surface area contributed by atoms with E-state index in [0.717, 1.165) is 7.14 Å². The molecule has 2 N–H and O–H groups in total. The summed E-state index contributed by atoms with van der Waals surface area (Å²) < 4.78 is 1.77. The molecular formula is C14H10I2N2O2. The van der Waals surface area contributed by atoms with E-state index < -0.39 is 0 Å². The van der Waals surface area contributed by atoms with Crippen molar-refractivity contribution >= 4 is 57.6 Å². The van der Waals surface area contributed by atoms with Gasteiger partial charge in [-0.2, -0.15) is 10.2 Å². The van der Waals surface area contributed by atoms with E-state index in [1.54, 1.807) is 24.3 Å². The minimum absolute atomic E-state index is 0.151. The van der Waals surface area contributed by atoms with E-state index in [0.29, 0.717) is 11.1 Å². The Hall–Kier alpha value is -1.16. The number of rotatable bonds is 3. The lowest BCUT2D eigenvalue weighted by molar-refractivity contribution is 0.470. The van der Waals surface area contributed by atoms with E-state index in [2.05, 4.69) is 55.4 Å². The van der Waals surface area contributed by atoms with E-state index in [1.807, 2.05) is 12.1 Å². The number of phenols is 2. The molecule has 0 bridgehead atoms. The van der Waals surface area contributed by atoms with Crippen LogP contribution in [0.5, 0.6) is 11.5 Å². The van der Waals surface area contributed by atoms with Crippen molar-refractivity contribution < 1.29 is 10.2 Å². The van der Waals surface area contributed by atoms with Gasteiger partial charge in [-0.05, 0) is 69.4 Å². The largest absolute Gasteiger partial charge is 0.507 e. The summed E-state index contributed by atoms with van der Waals surface area (Å²) in [7, 11) is 0. The first-order chi connectivity index (χ1) is 9.58. The molecule has 0 aliphatic rings. The van der Waals surface area contributed by atoms with E-state index in [1.165, 1.54) is 12.4 Å². The highest BCUT2D eigenvalue weighted by Gasteiger charge is 2.04. The first-order valence-corrected chi connectivity index (χ1v) is 7.76. The normalized spacial score (nSPS) is 11.5. The molecule has 2 rings (SSSR count). The first-order valence-electron chi connectivity index (χ1n) is 5.60. The standard InChI is InChI=1S/C14H10I2N2O2/c15-11-5-10(14(20)12(16)6-11)8-18-17-7-9-3-1-2-4-13(9)19/h1-8,19-20H/b17-7-,18-8+. The van der Waals surface area contributed by atoms with Crippen LogP contribution in [0.2, 0.25) is 0 Å². The molecule has 0 saturated heterocycles. The molecule has 0 spiro atoms. The van der Waals surface area contributed by atoms with Gasteiger partial charge in [-0.25, -0.2) is 0 Å². The van der Waals surface area contributed by atoms with Crippen LogP contribution >= 0.6 is 45.2 Å². The highest BCUT2D eigenvalue weighted by molar-refractivity contribution is 14.1. The van der Waals surface area contributed by atoms with Gasteiger partial charge < -0.3 is 10.2 Å². The average Bonchev–Trinajstić information content (AvgIpc) is 2.41. The maximum absolute atomic E-state index is 9.89. The van der Waals surface area contributed by atoms with Gasteiger partial charge in [0.15, 0.2) is 0 Å². The zero-order valence-electron chi connectivity index (χ0n) is 10.2. The summed E-state index contributed by atoms with van der Waals surface area (Å²) in [6.45, 7) is 0. The van der Waals surface area contributed by atoms with Gasteiger partial charge in [0.05, 0.1) is 16.0 Å². The molecule has 0 heterocycles. The van der Waals surface area contributed by atoms with Crippen LogP contribution in [0.3, 0.4) is 0 Å². The molecule has 0 saturated carbocycles. The molecule has 0 amide bonds. The van der Waals surface area contributed by atoms with Crippen molar-refractivity contribution in [2.75, 3.05) is 0 Å². The van der Waals surface area contributed by atoms with Gasteiger partial charge in [-0.15, -0.1) is 0 Å². The number of hydrogen-bond donors (Lipinski definition) is 2. The van der Waals surface area contributed by atoms with Crippen molar-refractivity contribution in [1.29, 1.82) is 0 Å². The second kappa shape index (κ2) is 7.02. The number of aromatic hydroxyl groups is 2. The Labute approximate surface area is 143 Å². The molecule has 0 aliphatic heterocycles. The summed E-state index contributed by atoms with van der Waals surface area (Å²) in [6.07, 6.45) is 2.94. The summed E-state index contributed by atoms with van der Waals surface area (Å²) in [5.41, 5.74) is 1.20. The molecule has 102 valence electrons. The van der Waals surface area contributed by atoms with Crippen LogP contribution in [-0.4, -0.2) is 22.6 Å². The molecule has 2 aromatic carbocycles. The summed E-state index contributed by atoms with van der Waals surface area (Å²) >= 11 is 4.24. The van der Waals surface area contributed by atoms with Gasteiger partial charge in [-0.3, -0.25) is 0 Å². The topological polar surface area (TPSA) is 65.2 Å². The van der Waals surface area contributed by atoms with Crippen molar-refractivity contribution in [2.45, 2.75) is 0 Å². The molecule has 6 heteroatoms. The smallest absolute Gasteiger partial charge is 0.137 e. The van der Waals surface area contributed by atoms with Crippen molar-refractivity contribution in [2.24, 2.45) is 10.2 Å².